The molecule has 1 unspecified atom stereocenters. The second kappa shape index (κ2) is 4.81. The molecule has 0 bridgehead atoms. The van der Waals surface area contributed by atoms with Gasteiger partial charge in [-0.2, -0.15) is 0 Å². The van der Waals surface area contributed by atoms with Crippen LogP contribution in [0.25, 0.3) is 0 Å². The van der Waals surface area contributed by atoms with Gasteiger partial charge in [-0.25, -0.2) is 4.79 Å². The quantitative estimate of drug-likeness (QED) is 0.786. The third-order valence-corrected chi connectivity index (χ3v) is 3.42. The molecule has 2 aromatic carbocycles. The van der Waals surface area contributed by atoms with Crippen LogP contribution in [-0.2, 0) is 9.53 Å². The van der Waals surface area contributed by atoms with E-state index in [1.54, 1.807) is 30.3 Å². The molecule has 0 N–H and O–H groups in total. The van der Waals surface area contributed by atoms with Gasteiger partial charge in [0.2, 0.25) is 0 Å². The Morgan fingerprint density at radius 1 is 1.05 bits per heavy atom. The molecule has 100 valence electrons. The smallest absolute Gasteiger partial charge is 0.333 e. The Bertz CT molecular complexity index is 666. The first-order chi connectivity index (χ1) is 9.74. The lowest BCUT2D eigenvalue weighted by molar-refractivity contribution is -0.142. The number of nitrogens with zero attached hydrogens (tertiary/aromatic N) is 1. The third kappa shape index (κ3) is 1.77. The number of ether oxygens (including phenoxy) is 1. The van der Waals surface area contributed by atoms with Crippen LogP contribution in [-0.4, -0.2) is 19.0 Å². The van der Waals surface area contributed by atoms with Crippen molar-refractivity contribution in [1.82, 2.24) is 0 Å². The molecular weight excluding hydrogens is 254 g/mol. The molecule has 0 saturated carbocycles. The Morgan fingerprint density at radius 3 is 2.40 bits per heavy atom. The van der Waals surface area contributed by atoms with E-state index in [0.717, 1.165) is 0 Å². The zero-order valence-corrected chi connectivity index (χ0v) is 10.9. The summed E-state index contributed by atoms with van der Waals surface area (Å²) in [6, 6.07) is 15.6. The molecule has 0 radical (unpaired) electrons. The van der Waals surface area contributed by atoms with Crippen molar-refractivity contribution in [2.24, 2.45) is 0 Å². The fraction of sp³-hybridized carbons (Fsp3) is 0.125. The van der Waals surface area contributed by atoms with Gasteiger partial charge >= 0.3 is 5.97 Å². The number of anilines is 1. The number of carbonyl (C=O) groups is 2. The molecule has 0 aliphatic carbocycles. The van der Waals surface area contributed by atoms with Gasteiger partial charge in [0.1, 0.15) is 0 Å². The van der Waals surface area contributed by atoms with Gasteiger partial charge in [0.15, 0.2) is 6.04 Å². The van der Waals surface area contributed by atoms with Crippen molar-refractivity contribution in [3.8, 4) is 0 Å². The van der Waals surface area contributed by atoms with Gasteiger partial charge < -0.3 is 4.74 Å². The zero-order valence-electron chi connectivity index (χ0n) is 10.9. The van der Waals surface area contributed by atoms with Crippen LogP contribution in [0.1, 0.15) is 22.0 Å². The highest BCUT2D eigenvalue weighted by molar-refractivity contribution is 6.15. The molecule has 0 spiro atoms. The first-order valence-corrected chi connectivity index (χ1v) is 6.29. The van der Waals surface area contributed by atoms with Gasteiger partial charge in [0, 0.05) is 11.3 Å². The molecule has 1 amide bonds. The Kier molecular flexibility index (Phi) is 2.99. The predicted molar refractivity (Wildman–Crippen MR) is 74.5 cm³/mol. The second-order valence-electron chi connectivity index (χ2n) is 4.52. The monoisotopic (exact) mass is 267 g/mol. The van der Waals surface area contributed by atoms with E-state index in [-0.39, 0.29) is 5.91 Å². The van der Waals surface area contributed by atoms with Crippen molar-refractivity contribution in [1.29, 1.82) is 0 Å². The standard InChI is InChI=1S/C16H13NO3/c1-20-16(19)14-12-9-5-6-10-13(12)15(18)17(14)11-7-3-2-4-8-11/h2-10,14H,1H3. The Balaban J connectivity index is 2.15. The van der Waals surface area contributed by atoms with E-state index in [0.29, 0.717) is 16.8 Å². The fourth-order valence-electron chi connectivity index (χ4n) is 2.52. The third-order valence-electron chi connectivity index (χ3n) is 3.42. The SMILES string of the molecule is COC(=O)C1c2ccccc2C(=O)N1c1ccccc1. The first kappa shape index (κ1) is 12.4. The average Bonchev–Trinajstić information content (AvgIpc) is 2.81. The molecule has 1 aliphatic rings. The Labute approximate surface area is 116 Å². The molecule has 3 rings (SSSR count). The first-order valence-electron chi connectivity index (χ1n) is 6.29. The molecular formula is C16H13NO3. The highest BCUT2D eigenvalue weighted by Gasteiger charge is 2.42. The van der Waals surface area contributed by atoms with E-state index in [1.165, 1.54) is 12.0 Å². The van der Waals surface area contributed by atoms with Crippen molar-refractivity contribution in [2.75, 3.05) is 12.0 Å². The predicted octanol–water partition coefficient (Wildman–Crippen LogP) is 2.56. The summed E-state index contributed by atoms with van der Waals surface area (Å²) in [5.41, 5.74) is 1.92. The maximum absolute atomic E-state index is 12.5. The lowest BCUT2D eigenvalue weighted by atomic mass is 10.0. The van der Waals surface area contributed by atoms with Gasteiger partial charge in [-0.15, -0.1) is 0 Å². The molecule has 0 saturated heterocycles. The van der Waals surface area contributed by atoms with Crippen molar-refractivity contribution < 1.29 is 14.3 Å². The number of benzene rings is 2. The number of amides is 1. The summed E-state index contributed by atoms with van der Waals surface area (Å²) >= 11 is 0. The van der Waals surface area contributed by atoms with E-state index in [1.807, 2.05) is 24.3 Å². The van der Waals surface area contributed by atoms with Crippen LogP contribution in [0.5, 0.6) is 0 Å². The van der Waals surface area contributed by atoms with Gasteiger partial charge in [-0.05, 0) is 23.8 Å². The maximum Gasteiger partial charge on any atom is 0.333 e. The number of rotatable bonds is 2. The maximum atomic E-state index is 12.5. The highest BCUT2D eigenvalue weighted by Crippen LogP contribution is 2.37. The van der Waals surface area contributed by atoms with Gasteiger partial charge in [-0.3, -0.25) is 9.69 Å². The van der Waals surface area contributed by atoms with Crippen LogP contribution in [0.2, 0.25) is 0 Å². The molecule has 4 nitrogen and oxygen atoms in total. The minimum absolute atomic E-state index is 0.179. The Hall–Kier alpha value is -2.62. The van der Waals surface area contributed by atoms with E-state index in [9.17, 15) is 9.59 Å². The summed E-state index contributed by atoms with van der Waals surface area (Å²) in [5, 5.41) is 0. The largest absolute Gasteiger partial charge is 0.467 e. The fourth-order valence-corrected chi connectivity index (χ4v) is 2.52. The molecule has 0 aromatic heterocycles. The Morgan fingerprint density at radius 2 is 1.70 bits per heavy atom. The van der Waals surface area contributed by atoms with Crippen LogP contribution in [0, 0.1) is 0 Å². The number of carbonyl (C=O) groups excluding carboxylic acids is 2. The summed E-state index contributed by atoms with van der Waals surface area (Å²) in [7, 11) is 1.33. The average molecular weight is 267 g/mol. The summed E-state index contributed by atoms with van der Waals surface area (Å²) in [5.74, 6) is -0.616. The van der Waals surface area contributed by atoms with Crippen LogP contribution in [0.4, 0.5) is 5.69 Å². The number of fused-ring (bicyclic) bond motifs is 1. The summed E-state index contributed by atoms with van der Waals surface area (Å²) in [6.45, 7) is 0. The zero-order chi connectivity index (χ0) is 14.1. The van der Waals surface area contributed by atoms with Crippen LogP contribution >= 0.6 is 0 Å². The number of para-hydroxylation sites is 1. The van der Waals surface area contributed by atoms with Crippen molar-refractivity contribution >= 4 is 17.6 Å². The number of hydrogen-bond acceptors (Lipinski definition) is 3. The lowest BCUT2D eigenvalue weighted by Crippen LogP contribution is -2.33. The number of esters is 1. The highest BCUT2D eigenvalue weighted by atomic mass is 16.5. The lowest BCUT2D eigenvalue weighted by Gasteiger charge is -2.23. The molecule has 0 fully saturated rings. The van der Waals surface area contributed by atoms with Crippen molar-refractivity contribution in [3.63, 3.8) is 0 Å². The van der Waals surface area contributed by atoms with Crippen molar-refractivity contribution in [3.05, 3.63) is 65.7 Å². The summed E-state index contributed by atoms with van der Waals surface area (Å²) in [4.78, 5) is 26.1. The van der Waals surface area contributed by atoms with E-state index < -0.39 is 12.0 Å². The second-order valence-corrected chi connectivity index (χ2v) is 4.52. The minimum Gasteiger partial charge on any atom is -0.467 e. The van der Waals surface area contributed by atoms with Crippen molar-refractivity contribution in [2.45, 2.75) is 6.04 Å². The van der Waals surface area contributed by atoms with Gasteiger partial charge in [-0.1, -0.05) is 36.4 Å². The molecule has 2 aromatic rings. The van der Waals surface area contributed by atoms with Gasteiger partial charge in [0.05, 0.1) is 7.11 Å². The number of methoxy groups -OCH3 is 1. The summed E-state index contributed by atoms with van der Waals surface area (Å²) in [6.07, 6.45) is 0. The summed E-state index contributed by atoms with van der Waals surface area (Å²) < 4.78 is 4.86. The molecule has 1 atom stereocenters. The molecule has 1 heterocycles. The molecule has 1 aliphatic heterocycles. The van der Waals surface area contributed by atoms with E-state index in [2.05, 4.69) is 0 Å². The minimum atomic E-state index is -0.717. The van der Waals surface area contributed by atoms with E-state index >= 15 is 0 Å². The number of hydrogen-bond donors (Lipinski definition) is 0. The van der Waals surface area contributed by atoms with Crippen LogP contribution in [0.3, 0.4) is 0 Å². The van der Waals surface area contributed by atoms with Crippen LogP contribution < -0.4 is 4.90 Å². The van der Waals surface area contributed by atoms with Gasteiger partial charge in [0.25, 0.3) is 5.91 Å². The topological polar surface area (TPSA) is 46.6 Å². The van der Waals surface area contributed by atoms with Crippen LogP contribution in [0.15, 0.2) is 54.6 Å². The molecule has 4 heteroatoms. The molecule has 20 heavy (non-hydrogen) atoms. The normalized spacial score (nSPS) is 16.9. The van der Waals surface area contributed by atoms with E-state index in [4.69, 9.17) is 4.74 Å².